The predicted molar refractivity (Wildman–Crippen MR) is 99.2 cm³/mol. The number of carbonyl (C=O) groups excluding carboxylic acids is 2. The lowest BCUT2D eigenvalue weighted by molar-refractivity contribution is -0.139. The molecule has 0 fully saturated rings. The summed E-state index contributed by atoms with van der Waals surface area (Å²) in [5, 5.41) is 13.0. The maximum Gasteiger partial charge on any atom is 0.336 e. The van der Waals surface area contributed by atoms with Gasteiger partial charge in [-0.05, 0) is 45.4 Å². The molecule has 7 heteroatoms. The fraction of sp³-hybridized carbons (Fsp3) is 0.400. The van der Waals surface area contributed by atoms with Crippen LogP contribution in [0.3, 0.4) is 0 Å². The number of dihydropyridines is 1. The van der Waals surface area contributed by atoms with Gasteiger partial charge in [0.25, 0.3) is 0 Å². The molecule has 2 rings (SSSR count). The van der Waals surface area contributed by atoms with Crippen LogP contribution in [0.1, 0.15) is 39.2 Å². The number of phenolic OH excluding ortho intramolecular Hbond substituents is 1. The molecule has 146 valence electrons. The number of rotatable bonds is 6. The summed E-state index contributed by atoms with van der Waals surface area (Å²) in [5.74, 6) is -1.54. The smallest absolute Gasteiger partial charge is 0.336 e. The average Bonchev–Trinajstić information content (AvgIpc) is 2.61. The lowest BCUT2D eigenvalue weighted by Crippen LogP contribution is -2.32. The van der Waals surface area contributed by atoms with Crippen LogP contribution in [0.25, 0.3) is 0 Å². The van der Waals surface area contributed by atoms with Gasteiger partial charge in [-0.25, -0.2) is 9.59 Å². The monoisotopic (exact) mass is 375 g/mol. The Morgan fingerprint density at radius 3 is 2.00 bits per heavy atom. The fourth-order valence-electron chi connectivity index (χ4n) is 3.16. The van der Waals surface area contributed by atoms with Gasteiger partial charge in [-0.2, -0.15) is 0 Å². The number of ether oxygens (including phenoxy) is 3. The summed E-state index contributed by atoms with van der Waals surface area (Å²) in [5.41, 5.74) is 2.43. The number of phenols is 1. The van der Waals surface area contributed by atoms with Crippen molar-refractivity contribution in [1.29, 1.82) is 0 Å². The van der Waals surface area contributed by atoms with Gasteiger partial charge in [0, 0.05) is 11.4 Å². The van der Waals surface area contributed by atoms with Crippen LogP contribution >= 0.6 is 0 Å². The van der Waals surface area contributed by atoms with Crippen LogP contribution in [0.5, 0.6) is 11.5 Å². The zero-order valence-corrected chi connectivity index (χ0v) is 16.2. The minimum atomic E-state index is -0.709. The Hall–Kier alpha value is -2.96. The fourth-order valence-corrected chi connectivity index (χ4v) is 3.16. The zero-order chi connectivity index (χ0) is 20.1. The highest BCUT2D eigenvalue weighted by atomic mass is 16.5. The van der Waals surface area contributed by atoms with Gasteiger partial charge in [0.05, 0.1) is 37.4 Å². The first-order chi connectivity index (χ1) is 12.8. The number of hydrogen-bond acceptors (Lipinski definition) is 7. The minimum Gasteiger partial charge on any atom is -0.504 e. The molecule has 0 atom stereocenters. The van der Waals surface area contributed by atoms with Crippen molar-refractivity contribution in [1.82, 2.24) is 5.32 Å². The summed E-state index contributed by atoms with van der Waals surface area (Å²) in [4.78, 5) is 25.3. The van der Waals surface area contributed by atoms with Gasteiger partial charge in [-0.3, -0.25) is 0 Å². The lowest BCUT2D eigenvalue weighted by Gasteiger charge is -2.30. The van der Waals surface area contributed by atoms with E-state index in [4.69, 9.17) is 14.2 Å². The average molecular weight is 375 g/mol. The third-order valence-corrected chi connectivity index (χ3v) is 4.29. The van der Waals surface area contributed by atoms with Gasteiger partial charge >= 0.3 is 11.9 Å². The molecule has 1 aromatic carbocycles. The van der Waals surface area contributed by atoms with E-state index in [9.17, 15) is 14.7 Å². The van der Waals surface area contributed by atoms with Crippen molar-refractivity contribution in [3.05, 3.63) is 46.3 Å². The molecule has 0 unspecified atom stereocenters. The molecule has 1 heterocycles. The number of hydrogen-bond donors (Lipinski definition) is 2. The molecule has 0 aromatic heterocycles. The molecule has 2 N–H and O–H groups in total. The van der Waals surface area contributed by atoms with Gasteiger partial charge in [-0.15, -0.1) is 0 Å². The van der Waals surface area contributed by atoms with Crippen LogP contribution in [-0.4, -0.2) is 37.4 Å². The van der Waals surface area contributed by atoms with E-state index in [1.165, 1.54) is 13.2 Å². The van der Waals surface area contributed by atoms with E-state index in [0.717, 1.165) is 0 Å². The molecule has 0 bridgehead atoms. The summed E-state index contributed by atoms with van der Waals surface area (Å²) in [7, 11) is 1.43. The number of allylic oxidation sites excluding steroid dienone is 2. The maximum atomic E-state index is 12.7. The highest BCUT2D eigenvalue weighted by molar-refractivity contribution is 5.99. The van der Waals surface area contributed by atoms with E-state index in [1.54, 1.807) is 39.8 Å². The van der Waals surface area contributed by atoms with E-state index in [0.29, 0.717) is 28.1 Å². The zero-order valence-electron chi connectivity index (χ0n) is 16.2. The highest BCUT2D eigenvalue weighted by Gasteiger charge is 2.38. The first kappa shape index (κ1) is 20.4. The molecule has 0 saturated carbocycles. The van der Waals surface area contributed by atoms with Crippen LogP contribution in [-0.2, 0) is 19.1 Å². The molecule has 0 saturated heterocycles. The third-order valence-electron chi connectivity index (χ3n) is 4.29. The highest BCUT2D eigenvalue weighted by Crippen LogP contribution is 2.41. The van der Waals surface area contributed by atoms with Gasteiger partial charge in [-0.1, -0.05) is 6.07 Å². The Bertz CT molecular complexity index is 769. The number of esters is 2. The van der Waals surface area contributed by atoms with E-state index in [1.807, 2.05) is 0 Å². The third kappa shape index (κ3) is 4.07. The van der Waals surface area contributed by atoms with Crippen LogP contribution < -0.4 is 10.1 Å². The SMILES string of the molecule is CCOC(=O)C1=C(C)NC(C)=C(C(=O)OCC)C1c1ccc(O)c(OC)c1. The number of methoxy groups -OCH3 is 1. The van der Waals surface area contributed by atoms with Gasteiger partial charge in [0.2, 0.25) is 0 Å². The van der Waals surface area contributed by atoms with Crippen molar-refractivity contribution in [3.8, 4) is 11.5 Å². The van der Waals surface area contributed by atoms with E-state index >= 15 is 0 Å². The molecule has 1 aliphatic rings. The predicted octanol–water partition coefficient (Wildman–Crippen LogP) is 2.76. The second-order valence-electron chi connectivity index (χ2n) is 6.01. The molecule has 0 aliphatic carbocycles. The maximum absolute atomic E-state index is 12.7. The molecular formula is C20H25NO6. The van der Waals surface area contributed by atoms with E-state index < -0.39 is 17.9 Å². The molecule has 1 aliphatic heterocycles. The number of carbonyl (C=O) groups is 2. The van der Waals surface area contributed by atoms with Gasteiger partial charge < -0.3 is 24.6 Å². The summed E-state index contributed by atoms with van der Waals surface area (Å²) in [6, 6.07) is 4.71. The van der Waals surface area contributed by atoms with Crippen LogP contribution in [0, 0.1) is 0 Å². The van der Waals surface area contributed by atoms with Crippen molar-refractivity contribution < 1.29 is 28.9 Å². The first-order valence-corrected chi connectivity index (χ1v) is 8.75. The molecule has 0 amide bonds. The van der Waals surface area contributed by atoms with Crippen molar-refractivity contribution in [2.75, 3.05) is 20.3 Å². The first-order valence-electron chi connectivity index (χ1n) is 8.75. The van der Waals surface area contributed by atoms with Crippen molar-refractivity contribution in [3.63, 3.8) is 0 Å². The van der Waals surface area contributed by atoms with E-state index in [-0.39, 0.29) is 24.7 Å². The molecule has 0 radical (unpaired) electrons. The Kier molecular flexibility index (Phi) is 6.50. The Morgan fingerprint density at radius 2 is 1.56 bits per heavy atom. The van der Waals surface area contributed by atoms with E-state index in [2.05, 4.69) is 5.32 Å². The summed E-state index contributed by atoms with van der Waals surface area (Å²) in [6.07, 6.45) is 0. The number of nitrogens with one attached hydrogen (secondary N) is 1. The Balaban J connectivity index is 2.68. The molecule has 1 aromatic rings. The topological polar surface area (TPSA) is 94.1 Å². The number of aromatic hydroxyl groups is 1. The molecular weight excluding hydrogens is 350 g/mol. The van der Waals surface area contributed by atoms with Crippen molar-refractivity contribution in [2.24, 2.45) is 0 Å². The van der Waals surface area contributed by atoms with Crippen LogP contribution in [0.4, 0.5) is 0 Å². The normalized spacial score (nSPS) is 14.7. The number of benzene rings is 1. The Labute approximate surface area is 158 Å². The summed E-state index contributed by atoms with van der Waals surface area (Å²) >= 11 is 0. The standard InChI is InChI=1S/C20H25NO6/c1-6-26-19(23)16-11(3)21-12(4)17(20(24)27-7-2)18(16)13-8-9-14(22)15(10-13)25-5/h8-10,18,21-22H,6-7H2,1-5H3. The minimum absolute atomic E-state index is 0.0352. The quantitative estimate of drug-likeness (QED) is 0.738. The van der Waals surface area contributed by atoms with Crippen LogP contribution in [0.15, 0.2) is 40.7 Å². The second-order valence-corrected chi connectivity index (χ2v) is 6.01. The molecule has 0 spiro atoms. The lowest BCUT2D eigenvalue weighted by atomic mass is 9.80. The molecule has 7 nitrogen and oxygen atoms in total. The second kappa shape index (κ2) is 8.62. The van der Waals surface area contributed by atoms with Gasteiger partial charge in [0.1, 0.15) is 0 Å². The van der Waals surface area contributed by atoms with Crippen molar-refractivity contribution in [2.45, 2.75) is 33.6 Å². The Morgan fingerprint density at radius 1 is 1.04 bits per heavy atom. The summed E-state index contributed by atoms with van der Waals surface area (Å²) in [6.45, 7) is 7.36. The summed E-state index contributed by atoms with van der Waals surface area (Å²) < 4.78 is 15.6. The van der Waals surface area contributed by atoms with Crippen LogP contribution in [0.2, 0.25) is 0 Å². The largest absolute Gasteiger partial charge is 0.504 e. The van der Waals surface area contributed by atoms with Crippen molar-refractivity contribution >= 4 is 11.9 Å². The van der Waals surface area contributed by atoms with Gasteiger partial charge in [0.15, 0.2) is 11.5 Å². The molecule has 27 heavy (non-hydrogen) atoms.